The van der Waals surface area contributed by atoms with E-state index < -0.39 is 86.8 Å². The topological polar surface area (TPSA) is 228 Å². The van der Waals surface area contributed by atoms with Gasteiger partial charge in [0.25, 0.3) is 0 Å². The van der Waals surface area contributed by atoms with Gasteiger partial charge in [-0.1, -0.05) is 335 Å². The van der Waals surface area contributed by atoms with Crippen molar-refractivity contribution in [1.82, 2.24) is 5.32 Å². The van der Waals surface area contributed by atoms with E-state index >= 15 is 0 Å². The van der Waals surface area contributed by atoms with E-state index in [0.29, 0.717) is 19.3 Å². The molecule has 14 nitrogen and oxygen atoms in total. The number of carbonyl (C=O) groups is 1. The maximum atomic E-state index is 13.4. The average Bonchev–Trinajstić information content (AvgIpc) is 0.854. The second-order valence-electron chi connectivity index (χ2n) is 27.1. The van der Waals surface area contributed by atoms with Gasteiger partial charge in [-0.05, 0) is 77.0 Å². The first-order chi connectivity index (χ1) is 47.1. The lowest BCUT2D eigenvalue weighted by atomic mass is 9.97. The fraction of sp³-hybridized carbons (Fsp3) is 0.768. The zero-order valence-corrected chi connectivity index (χ0v) is 60.6. The summed E-state index contributed by atoms with van der Waals surface area (Å²) in [6, 6.07) is -0.871. The SMILES string of the molecule is CC/C=C\C/C=C\C/C=C\C/C=C\C/C=C\C/C=C\C/C=C\C/C=C\C/C=C\CCCC(=O)NC(COC1OC(CO)C(OC2OC(CO)C(O)C(O)C2O)C(O)C1O)C(O)CCCCCCCCCCCCCCCCCCCCCCCCCCCCCCCCCCC. The van der Waals surface area contributed by atoms with E-state index in [1.807, 2.05) is 0 Å². The molecule has 0 radical (unpaired) electrons. The summed E-state index contributed by atoms with van der Waals surface area (Å²) in [5.74, 6) is -0.265. The molecule has 0 bridgehead atoms. The van der Waals surface area contributed by atoms with E-state index in [2.05, 4.69) is 129 Å². The van der Waals surface area contributed by atoms with Gasteiger partial charge in [0.15, 0.2) is 12.6 Å². The van der Waals surface area contributed by atoms with Crippen LogP contribution in [0.1, 0.15) is 309 Å². The van der Waals surface area contributed by atoms with Gasteiger partial charge < -0.3 is 65.1 Å². The highest BCUT2D eigenvalue weighted by Crippen LogP contribution is 2.30. The van der Waals surface area contributed by atoms with Crippen molar-refractivity contribution in [2.45, 2.75) is 383 Å². The van der Waals surface area contributed by atoms with Crippen LogP contribution in [0.3, 0.4) is 0 Å². The van der Waals surface area contributed by atoms with Gasteiger partial charge >= 0.3 is 0 Å². The Hall–Kier alpha value is -3.35. The number of allylic oxidation sites excluding steroid dienone is 18. The van der Waals surface area contributed by atoms with Gasteiger partial charge in [-0.15, -0.1) is 0 Å². The highest BCUT2D eigenvalue weighted by Gasteiger charge is 2.51. The van der Waals surface area contributed by atoms with E-state index in [1.54, 1.807) is 0 Å². The highest BCUT2D eigenvalue weighted by molar-refractivity contribution is 5.76. The molecule has 0 aromatic heterocycles. The molecule has 12 unspecified atom stereocenters. The molecule has 0 aromatic carbocycles. The Labute approximate surface area is 585 Å². The fourth-order valence-corrected chi connectivity index (χ4v) is 12.4. The first kappa shape index (κ1) is 88.7. The minimum Gasteiger partial charge on any atom is -0.394 e. The third-order valence-electron chi connectivity index (χ3n) is 18.5. The first-order valence-electron chi connectivity index (χ1n) is 39.1. The molecule has 2 fully saturated rings. The maximum Gasteiger partial charge on any atom is 0.220 e. The molecule has 554 valence electrons. The molecule has 0 spiro atoms. The van der Waals surface area contributed by atoms with Gasteiger partial charge in [0.2, 0.25) is 5.91 Å². The maximum absolute atomic E-state index is 13.4. The number of hydrogen-bond donors (Lipinski definition) is 9. The number of rotatable bonds is 64. The zero-order valence-electron chi connectivity index (χ0n) is 60.6. The molecule has 2 aliphatic heterocycles. The zero-order chi connectivity index (χ0) is 69.4. The van der Waals surface area contributed by atoms with Crippen LogP contribution >= 0.6 is 0 Å². The Kier molecular flexibility index (Phi) is 60.1. The van der Waals surface area contributed by atoms with Crippen LogP contribution < -0.4 is 5.32 Å². The molecule has 2 saturated heterocycles. The van der Waals surface area contributed by atoms with E-state index in [0.717, 1.165) is 83.5 Å². The van der Waals surface area contributed by atoms with E-state index in [-0.39, 0.29) is 18.9 Å². The Bertz CT molecular complexity index is 2030. The van der Waals surface area contributed by atoms with Crippen molar-refractivity contribution < 1.29 is 64.6 Å². The number of amides is 1. The number of hydrogen-bond acceptors (Lipinski definition) is 13. The molecule has 2 aliphatic rings. The van der Waals surface area contributed by atoms with Gasteiger partial charge in [0.05, 0.1) is 32.0 Å². The van der Waals surface area contributed by atoms with Crippen molar-refractivity contribution >= 4 is 5.91 Å². The van der Waals surface area contributed by atoms with Crippen LogP contribution in [0.4, 0.5) is 0 Å². The van der Waals surface area contributed by atoms with Gasteiger partial charge in [-0.3, -0.25) is 4.79 Å². The van der Waals surface area contributed by atoms with Crippen molar-refractivity contribution in [2.75, 3.05) is 19.8 Å². The summed E-state index contributed by atoms with van der Waals surface area (Å²) < 4.78 is 22.9. The predicted molar refractivity (Wildman–Crippen MR) is 396 cm³/mol. The Morgan fingerprint density at radius 3 is 1.06 bits per heavy atom. The lowest BCUT2D eigenvalue weighted by Gasteiger charge is -2.46. The number of ether oxygens (including phenoxy) is 4. The van der Waals surface area contributed by atoms with E-state index in [4.69, 9.17) is 18.9 Å². The molecular formula is C82H143NO13. The minimum absolute atomic E-state index is 0.218. The van der Waals surface area contributed by atoms with Gasteiger partial charge in [-0.2, -0.15) is 0 Å². The smallest absolute Gasteiger partial charge is 0.220 e. The first-order valence-corrected chi connectivity index (χ1v) is 39.1. The van der Waals surface area contributed by atoms with Crippen molar-refractivity contribution in [1.29, 1.82) is 0 Å². The van der Waals surface area contributed by atoms with Crippen LogP contribution in [0.5, 0.6) is 0 Å². The normalized spacial score (nSPS) is 22.9. The molecule has 1 amide bonds. The van der Waals surface area contributed by atoms with Gasteiger partial charge in [0, 0.05) is 6.42 Å². The van der Waals surface area contributed by atoms with Crippen molar-refractivity contribution in [3.63, 3.8) is 0 Å². The molecule has 12 atom stereocenters. The Morgan fingerprint density at radius 2 is 0.708 bits per heavy atom. The van der Waals surface area contributed by atoms with Crippen molar-refractivity contribution in [2.24, 2.45) is 0 Å². The summed E-state index contributed by atoms with van der Waals surface area (Å²) in [5, 5.41) is 87.8. The highest BCUT2D eigenvalue weighted by atomic mass is 16.7. The predicted octanol–water partition coefficient (Wildman–Crippen LogP) is 17.5. The van der Waals surface area contributed by atoms with Gasteiger partial charge in [-0.25, -0.2) is 0 Å². The number of carbonyl (C=O) groups excluding carboxylic acids is 1. The summed E-state index contributed by atoms with van der Waals surface area (Å²) >= 11 is 0. The second kappa shape index (κ2) is 65.0. The van der Waals surface area contributed by atoms with Crippen LogP contribution in [0.2, 0.25) is 0 Å². The Morgan fingerprint density at radius 1 is 0.385 bits per heavy atom. The van der Waals surface area contributed by atoms with Crippen molar-refractivity contribution in [3.8, 4) is 0 Å². The van der Waals surface area contributed by atoms with Crippen LogP contribution in [0.25, 0.3) is 0 Å². The minimum atomic E-state index is -1.80. The summed E-state index contributed by atoms with van der Waals surface area (Å²) in [4.78, 5) is 13.4. The summed E-state index contributed by atoms with van der Waals surface area (Å²) in [6.07, 6.45) is 77.0. The van der Waals surface area contributed by atoms with Crippen molar-refractivity contribution in [3.05, 3.63) is 109 Å². The largest absolute Gasteiger partial charge is 0.394 e. The van der Waals surface area contributed by atoms with Crippen LogP contribution in [0, 0.1) is 0 Å². The number of nitrogens with one attached hydrogen (secondary N) is 1. The number of unbranched alkanes of at least 4 members (excludes halogenated alkanes) is 33. The molecule has 9 N–H and O–H groups in total. The number of aliphatic hydroxyl groups excluding tert-OH is 8. The molecule has 0 aromatic rings. The number of aliphatic hydroxyl groups is 8. The lowest BCUT2D eigenvalue weighted by molar-refractivity contribution is -0.359. The Balaban J connectivity index is 1.66. The molecule has 14 heteroatoms. The molecule has 2 heterocycles. The van der Waals surface area contributed by atoms with Crippen LogP contribution in [0.15, 0.2) is 109 Å². The molecular weight excluding hydrogens is 1210 g/mol. The summed E-state index contributed by atoms with van der Waals surface area (Å²) in [6.45, 7) is 2.74. The monoisotopic (exact) mass is 1350 g/mol. The van der Waals surface area contributed by atoms with Crippen LogP contribution in [-0.2, 0) is 23.7 Å². The lowest BCUT2D eigenvalue weighted by Crippen LogP contribution is -2.65. The molecule has 2 rings (SSSR count). The molecule has 0 saturated carbocycles. The van der Waals surface area contributed by atoms with E-state index in [1.165, 1.54) is 186 Å². The average molecular weight is 1350 g/mol. The quantitative estimate of drug-likeness (QED) is 0.0204. The van der Waals surface area contributed by atoms with Gasteiger partial charge in [0.1, 0.15) is 48.8 Å². The second-order valence-corrected chi connectivity index (χ2v) is 27.1. The summed E-state index contributed by atoms with van der Waals surface area (Å²) in [7, 11) is 0. The standard InChI is InChI=1S/C82H143NO13/c1-3-5-7-9-11-13-15-17-19-21-23-25-27-29-31-33-34-35-36-38-39-41-43-45-47-49-51-53-55-57-59-61-63-65-71(86)70(69-93-81-79(92)77(90)80(73(68-85)95-81)96-82-78(91)76(89)75(88)72(67-84)94-82)83-74(87)66-64-62-60-58-56-54-52-50-48-46-44-42-40-37-32-30-28-26-24-22-20-18-16-14-12-10-8-6-4-2/h6,8,12,14,18,20,24,26,30,32,40,42,46,48,52,54,58,60,70-73,75-82,84-86,88-92H,3-5,7,9-11,13,15-17,19,21-23,25,27-29,31,33-39,41,43-45,47,49-51,53,55-57,59,61-69H2,1-2H3,(H,83,87)/b8-6-,14-12-,20-18-,26-24-,32-30-,42-40-,48-46-,54-52-,60-58-. The third-order valence-corrected chi connectivity index (χ3v) is 18.5. The molecule has 96 heavy (non-hydrogen) atoms. The van der Waals surface area contributed by atoms with Crippen LogP contribution in [-0.4, -0.2) is 140 Å². The summed E-state index contributed by atoms with van der Waals surface area (Å²) in [5.41, 5.74) is 0. The fourth-order valence-electron chi connectivity index (χ4n) is 12.4. The molecule has 0 aliphatic carbocycles. The third kappa shape index (κ3) is 47.7. The van der Waals surface area contributed by atoms with E-state index in [9.17, 15) is 45.6 Å².